The zero-order chi connectivity index (χ0) is 75.8. The molecule has 0 N–H and O–H groups in total. The molecule has 538 valence electrons. The lowest BCUT2D eigenvalue weighted by atomic mass is 9.96. The smallest absolute Gasteiger partial charge is 0.235 e. The highest BCUT2D eigenvalue weighted by atomic mass is 32.1. The highest BCUT2D eigenvalue weighted by molar-refractivity contribution is 7.26. The fourth-order valence-corrected chi connectivity index (χ4v) is 19.4. The van der Waals surface area contributed by atoms with E-state index in [1.807, 2.05) is 54.6 Å². The van der Waals surface area contributed by atoms with Crippen LogP contribution >= 0.6 is 11.3 Å². The van der Waals surface area contributed by atoms with Crippen LogP contribution in [0, 0.1) is 0 Å². The van der Waals surface area contributed by atoms with Crippen LogP contribution in [-0.2, 0) is 0 Å². The number of hydrogen-bond donors (Lipinski definition) is 0. The average Bonchev–Trinajstić information content (AvgIpc) is 1.39. The summed E-state index contributed by atoms with van der Waals surface area (Å²) >= 11 is 1.80. The minimum Gasteiger partial charge on any atom is -0.456 e. The maximum atomic E-state index is 6.98. The molecule has 25 aromatic rings. The first-order valence-electron chi connectivity index (χ1n) is 38.8. The molecule has 9 heterocycles. The number of nitrogens with zero attached hydrogens (tertiary/aromatic N) is 10. The van der Waals surface area contributed by atoms with E-state index in [1.165, 1.54) is 15.5 Å². The van der Waals surface area contributed by atoms with Gasteiger partial charge in [-0.2, -0.15) is 0 Å². The molecule has 0 aliphatic rings. The second-order valence-corrected chi connectivity index (χ2v) is 30.8. The quantitative estimate of drug-likeness (QED) is 0.131. The van der Waals surface area contributed by atoms with Gasteiger partial charge in [-0.25, -0.2) is 34.9 Å². The van der Waals surface area contributed by atoms with Crippen LogP contribution in [0.3, 0.4) is 0 Å². The molecule has 0 saturated carbocycles. The second kappa shape index (κ2) is 25.0. The predicted molar refractivity (Wildman–Crippen MR) is 475 cm³/mol. The number of benzene rings is 16. The van der Waals surface area contributed by atoms with Gasteiger partial charge < -0.3 is 13.4 Å². The normalized spacial score (nSPS) is 12.1. The molecular weight excluding hydrogens is 1440 g/mol. The molecule has 9 aromatic heterocycles. The molecular formula is C103H58N10O2S. The Morgan fingerprint density at radius 3 is 1.46 bits per heavy atom. The number of hydrogen-bond acceptors (Lipinski definition) is 10. The van der Waals surface area contributed by atoms with Gasteiger partial charge in [-0.3, -0.25) is 9.13 Å². The zero-order valence-electron chi connectivity index (χ0n) is 61.7. The van der Waals surface area contributed by atoms with Crippen molar-refractivity contribution in [2.24, 2.45) is 0 Å². The van der Waals surface area contributed by atoms with Gasteiger partial charge in [0.1, 0.15) is 22.3 Å². The lowest BCUT2D eigenvalue weighted by Crippen LogP contribution is -2.04. The Morgan fingerprint density at radius 1 is 0.241 bits per heavy atom. The highest BCUT2D eigenvalue weighted by Gasteiger charge is 2.28. The SMILES string of the molecule is c1ccc(-c2nc(-c3cccc(-c4cccc5c4c4ccc6c7ccccc7sc6c4n5-c4nc(-c5ccccc5)c5cc(-c6cccc7c6c6ccc8c9ccccc9oc8c6n7-c6nc(-c7ccccc7)c7ccccc7n6)ccc5n4)c3)nc(-c3cccc(-n4c5ccccc5c5cc6oc7ccccc7c6cc54)c3)n2)cc1. The van der Waals surface area contributed by atoms with Gasteiger partial charge in [-0.1, -0.05) is 261 Å². The van der Waals surface area contributed by atoms with Gasteiger partial charge in [0.25, 0.3) is 0 Å². The Bertz CT molecular complexity index is 8490. The summed E-state index contributed by atoms with van der Waals surface area (Å²) in [4.78, 5) is 38.6. The third kappa shape index (κ3) is 9.70. The number of aromatic nitrogens is 10. The third-order valence-corrected chi connectivity index (χ3v) is 24.5. The molecule has 25 rings (SSSR count). The zero-order valence-corrected chi connectivity index (χ0v) is 62.5. The molecule has 0 saturated heterocycles. The molecule has 0 amide bonds. The number of thiophene rings is 1. The van der Waals surface area contributed by atoms with Crippen LogP contribution in [0.2, 0.25) is 0 Å². The van der Waals surface area contributed by atoms with Gasteiger partial charge in [0, 0.05) is 114 Å². The summed E-state index contributed by atoms with van der Waals surface area (Å²) in [5.41, 5.74) is 22.2. The molecule has 0 aliphatic carbocycles. The van der Waals surface area contributed by atoms with E-state index in [9.17, 15) is 0 Å². The van der Waals surface area contributed by atoms with Crippen LogP contribution in [-0.4, -0.2) is 48.6 Å². The van der Waals surface area contributed by atoms with E-state index < -0.39 is 0 Å². The molecule has 12 nitrogen and oxygen atoms in total. The summed E-state index contributed by atoms with van der Waals surface area (Å²) in [6.45, 7) is 0. The molecule has 0 fully saturated rings. The van der Waals surface area contributed by atoms with Crippen LogP contribution < -0.4 is 0 Å². The highest BCUT2D eigenvalue weighted by Crippen LogP contribution is 2.49. The average molecular weight is 1500 g/mol. The van der Waals surface area contributed by atoms with Crippen molar-refractivity contribution < 1.29 is 8.83 Å². The van der Waals surface area contributed by atoms with Gasteiger partial charge >= 0.3 is 0 Å². The fourth-order valence-electron chi connectivity index (χ4n) is 18.2. The first-order chi connectivity index (χ1) is 57.5. The molecule has 13 heteroatoms. The molecule has 0 bridgehead atoms. The lowest BCUT2D eigenvalue weighted by Gasteiger charge is -2.14. The minimum absolute atomic E-state index is 0.547. The summed E-state index contributed by atoms with van der Waals surface area (Å²) in [5.74, 6) is 2.79. The van der Waals surface area contributed by atoms with Gasteiger partial charge in [-0.05, 0) is 113 Å². The Kier molecular flexibility index (Phi) is 13.8. The minimum atomic E-state index is 0.547. The number of fused-ring (bicyclic) bond motifs is 22. The molecule has 0 spiro atoms. The van der Waals surface area contributed by atoms with Crippen molar-refractivity contribution in [2.45, 2.75) is 0 Å². The number of furan rings is 2. The monoisotopic (exact) mass is 1500 g/mol. The maximum absolute atomic E-state index is 6.98. The first kappa shape index (κ1) is 64.1. The maximum Gasteiger partial charge on any atom is 0.235 e. The Balaban J connectivity index is 0.662. The third-order valence-electron chi connectivity index (χ3n) is 23.3. The summed E-state index contributed by atoms with van der Waals surface area (Å²) in [7, 11) is 0. The van der Waals surface area contributed by atoms with Crippen molar-refractivity contribution in [3.05, 3.63) is 352 Å². The first-order valence-corrected chi connectivity index (χ1v) is 39.6. The number of rotatable bonds is 10. The van der Waals surface area contributed by atoms with Crippen LogP contribution in [0.5, 0.6) is 0 Å². The predicted octanol–water partition coefficient (Wildman–Crippen LogP) is 26.9. The van der Waals surface area contributed by atoms with Crippen LogP contribution in [0.15, 0.2) is 361 Å². The molecule has 116 heavy (non-hydrogen) atoms. The summed E-state index contributed by atoms with van der Waals surface area (Å²) in [6, 6.07) is 124. The van der Waals surface area contributed by atoms with E-state index in [0.717, 1.165) is 203 Å². The van der Waals surface area contributed by atoms with Crippen LogP contribution in [0.25, 0.3) is 248 Å². The summed E-state index contributed by atoms with van der Waals surface area (Å²) in [6.07, 6.45) is 0. The van der Waals surface area contributed by atoms with Gasteiger partial charge in [-0.15, -0.1) is 11.3 Å². The van der Waals surface area contributed by atoms with Gasteiger partial charge in [0.2, 0.25) is 11.9 Å². The van der Waals surface area contributed by atoms with Gasteiger partial charge in [0.15, 0.2) is 23.1 Å². The lowest BCUT2D eigenvalue weighted by molar-refractivity contribution is 0.669. The second-order valence-electron chi connectivity index (χ2n) is 29.8. The molecule has 0 atom stereocenters. The van der Waals surface area contributed by atoms with Crippen molar-refractivity contribution in [2.75, 3.05) is 0 Å². The van der Waals surface area contributed by atoms with Crippen molar-refractivity contribution in [1.82, 2.24) is 48.6 Å². The molecule has 16 aromatic carbocycles. The standard InChI is InChI=1S/C103H58N10O2S/c1-4-24-59(25-5-1)93-75-38-10-15-41-81(75)104-102(106-93)112-84-43-23-40-68(91(84)76-51-49-73-70-35-12-18-46-88(70)115-97(73)95(76)112)63-48-53-82-80(56-63)94(60-26-6-2-7-27-60)107-103(105-82)113-85-44-22-39-67(92(85)77-52-50-74-72-37-14-19-47-90(72)116-98(74)96(77)113)62-30-20-31-64(54-62)100-108-99(61-28-8-3-9-29-61)109-101(110-100)65-32-21-33-66(55-65)111-83-42-16-11-34-69(83)78-58-89-79(57-86(78)111)71-36-13-17-45-87(71)114-89/h1-58H. The molecule has 0 aliphatic heterocycles. The van der Waals surface area contributed by atoms with E-state index in [4.69, 9.17) is 43.7 Å². The van der Waals surface area contributed by atoms with E-state index in [0.29, 0.717) is 29.4 Å². The Hall–Kier alpha value is -15.6. The van der Waals surface area contributed by atoms with E-state index >= 15 is 0 Å². The van der Waals surface area contributed by atoms with Gasteiger partial charge in [0.05, 0.1) is 54.7 Å². The topological polar surface area (TPSA) is 131 Å². The van der Waals surface area contributed by atoms with E-state index in [-0.39, 0.29) is 0 Å². The Labute approximate surface area is 664 Å². The largest absolute Gasteiger partial charge is 0.456 e. The number of para-hydroxylation sites is 4. The fraction of sp³-hybridized carbons (Fsp3) is 0. The summed E-state index contributed by atoms with van der Waals surface area (Å²) in [5, 5.41) is 14.9. The van der Waals surface area contributed by atoms with Crippen molar-refractivity contribution in [3.63, 3.8) is 0 Å². The molecule has 0 radical (unpaired) electrons. The van der Waals surface area contributed by atoms with Crippen molar-refractivity contribution in [3.8, 4) is 96.5 Å². The Morgan fingerprint density at radius 2 is 0.741 bits per heavy atom. The molecule has 0 unspecified atom stereocenters. The van der Waals surface area contributed by atoms with Crippen LogP contribution in [0.4, 0.5) is 0 Å². The van der Waals surface area contributed by atoms with Crippen molar-refractivity contribution >= 4 is 163 Å². The van der Waals surface area contributed by atoms with E-state index in [2.05, 4.69) is 311 Å². The van der Waals surface area contributed by atoms with Crippen LogP contribution in [0.1, 0.15) is 0 Å². The van der Waals surface area contributed by atoms with Crippen molar-refractivity contribution in [1.29, 1.82) is 0 Å². The van der Waals surface area contributed by atoms with E-state index in [1.54, 1.807) is 11.3 Å². The summed E-state index contributed by atoms with van der Waals surface area (Å²) < 4.78 is 22.7.